The van der Waals surface area contributed by atoms with Gasteiger partial charge in [0.05, 0.1) is 21.3 Å². The van der Waals surface area contributed by atoms with Gasteiger partial charge in [0.25, 0.3) is 0 Å². The van der Waals surface area contributed by atoms with Crippen molar-refractivity contribution in [3.8, 4) is 22.6 Å². The summed E-state index contributed by atoms with van der Waals surface area (Å²) in [4.78, 5) is 0.756. The summed E-state index contributed by atoms with van der Waals surface area (Å²) >= 11 is 1.04. The van der Waals surface area contributed by atoms with Gasteiger partial charge in [0.15, 0.2) is 11.5 Å². The molecule has 0 unspecified atom stereocenters. The van der Waals surface area contributed by atoms with Crippen molar-refractivity contribution in [3.63, 3.8) is 0 Å². The Balaban J connectivity index is 3.24. The quantitative estimate of drug-likeness (QED) is 0.581. The normalized spacial score (nSPS) is 9.20. The van der Waals surface area contributed by atoms with Gasteiger partial charge in [-0.25, -0.2) is 0 Å². The van der Waals surface area contributed by atoms with Crippen LogP contribution < -0.4 is 14.2 Å². The van der Waals surface area contributed by atoms with Crippen LogP contribution in [0.15, 0.2) is 17.0 Å². The van der Waals surface area contributed by atoms with Crippen LogP contribution in [-0.4, -0.2) is 21.3 Å². The van der Waals surface area contributed by atoms with Crippen LogP contribution in [0.2, 0.25) is 0 Å². The molecule has 0 fully saturated rings. The van der Waals surface area contributed by atoms with Crippen LogP contribution in [0.1, 0.15) is 0 Å². The van der Waals surface area contributed by atoms with Crippen LogP contribution in [-0.2, 0) is 0 Å². The molecule has 0 aliphatic heterocycles. The van der Waals surface area contributed by atoms with E-state index < -0.39 is 0 Å². The summed E-state index contributed by atoms with van der Waals surface area (Å²) in [5.41, 5.74) is 0. The zero-order valence-corrected chi connectivity index (χ0v) is 9.55. The molecule has 0 radical (unpaired) electrons. The van der Waals surface area contributed by atoms with Crippen LogP contribution in [0.3, 0.4) is 0 Å². The van der Waals surface area contributed by atoms with E-state index in [0.717, 1.165) is 16.7 Å². The molecule has 0 saturated carbocycles. The lowest BCUT2D eigenvalue weighted by molar-refractivity contribution is 0.323. The summed E-state index contributed by atoms with van der Waals surface area (Å²) in [6.07, 6.45) is 0. The SMILES string of the molecule is COc1cc(SC#N)cc(OC)c1OC. The average molecular weight is 225 g/mol. The summed E-state index contributed by atoms with van der Waals surface area (Å²) in [6, 6.07) is 3.46. The number of hydrogen-bond acceptors (Lipinski definition) is 5. The third-order valence-electron chi connectivity index (χ3n) is 1.80. The molecule has 0 heterocycles. The predicted molar refractivity (Wildman–Crippen MR) is 57.6 cm³/mol. The van der Waals surface area contributed by atoms with Gasteiger partial charge in [-0.2, -0.15) is 5.26 Å². The zero-order chi connectivity index (χ0) is 11.3. The van der Waals surface area contributed by atoms with Crippen LogP contribution in [0.4, 0.5) is 0 Å². The minimum atomic E-state index is 0.530. The van der Waals surface area contributed by atoms with Gasteiger partial charge < -0.3 is 14.2 Å². The fraction of sp³-hybridized carbons (Fsp3) is 0.300. The first kappa shape index (κ1) is 11.5. The molecule has 0 spiro atoms. The Kier molecular flexibility index (Phi) is 4.13. The minimum Gasteiger partial charge on any atom is -0.493 e. The predicted octanol–water partition coefficient (Wildman–Crippen LogP) is 2.29. The summed E-state index contributed by atoms with van der Waals surface area (Å²) in [5.74, 6) is 1.63. The summed E-state index contributed by atoms with van der Waals surface area (Å²) in [6.45, 7) is 0. The molecule has 0 aliphatic carbocycles. The van der Waals surface area contributed by atoms with Crippen molar-refractivity contribution in [2.24, 2.45) is 0 Å². The minimum absolute atomic E-state index is 0.530. The van der Waals surface area contributed by atoms with Gasteiger partial charge in [0, 0.05) is 4.90 Å². The highest BCUT2D eigenvalue weighted by Crippen LogP contribution is 2.40. The van der Waals surface area contributed by atoms with E-state index in [0.29, 0.717) is 17.2 Å². The molecule has 0 aliphatic rings. The van der Waals surface area contributed by atoms with E-state index in [1.54, 1.807) is 12.1 Å². The molecule has 0 amide bonds. The Bertz CT molecular complexity index is 362. The van der Waals surface area contributed by atoms with Gasteiger partial charge >= 0.3 is 0 Å². The maximum absolute atomic E-state index is 8.57. The molecule has 5 heteroatoms. The largest absolute Gasteiger partial charge is 0.493 e. The molecule has 0 aromatic heterocycles. The van der Waals surface area contributed by atoms with Gasteiger partial charge in [-0.3, -0.25) is 0 Å². The topological polar surface area (TPSA) is 51.5 Å². The fourth-order valence-corrected chi connectivity index (χ4v) is 1.61. The number of benzene rings is 1. The number of nitriles is 1. The summed E-state index contributed by atoms with van der Waals surface area (Å²) in [7, 11) is 4.62. The van der Waals surface area contributed by atoms with Crippen molar-refractivity contribution in [1.82, 2.24) is 0 Å². The number of thiocyanates is 1. The van der Waals surface area contributed by atoms with Crippen molar-refractivity contribution in [3.05, 3.63) is 12.1 Å². The second kappa shape index (κ2) is 5.37. The first-order valence-electron chi connectivity index (χ1n) is 4.12. The third kappa shape index (κ3) is 2.48. The van der Waals surface area contributed by atoms with E-state index in [2.05, 4.69) is 0 Å². The molecule has 1 aromatic rings. The highest BCUT2D eigenvalue weighted by Gasteiger charge is 2.13. The van der Waals surface area contributed by atoms with E-state index in [-0.39, 0.29) is 0 Å². The molecular formula is C10H11NO3S. The van der Waals surface area contributed by atoms with Crippen LogP contribution in [0.5, 0.6) is 17.2 Å². The van der Waals surface area contributed by atoms with Gasteiger partial charge in [0.1, 0.15) is 5.40 Å². The van der Waals surface area contributed by atoms with Crippen molar-refractivity contribution in [2.45, 2.75) is 4.90 Å². The molecule has 4 nitrogen and oxygen atoms in total. The number of hydrogen-bond donors (Lipinski definition) is 0. The van der Waals surface area contributed by atoms with Crippen LogP contribution >= 0.6 is 11.8 Å². The van der Waals surface area contributed by atoms with Crippen LogP contribution in [0.25, 0.3) is 0 Å². The Morgan fingerprint density at radius 3 is 1.93 bits per heavy atom. The lowest BCUT2D eigenvalue weighted by Crippen LogP contribution is -1.95. The van der Waals surface area contributed by atoms with E-state index in [4.69, 9.17) is 19.5 Å². The highest BCUT2D eigenvalue weighted by atomic mass is 32.2. The number of methoxy groups -OCH3 is 3. The molecule has 80 valence electrons. The third-order valence-corrected chi connectivity index (χ3v) is 2.36. The number of rotatable bonds is 4. The smallest absolute Gasteiger partial charge is 0.203 e. The molecule has 1 aromatic carbocycles. The molecule has 15 heavy (non-hydrogen) atoms. The Morgan fingerprint density at radius 1 is 1.07 bits per heavy atom. The average Bonchev–Trinajstić information content (AvgIpc) is 2.28. The van der Waals surface area contributed by atoms with E-state index in [1.807, 2.05) is 5.40 Å². The zero-order valence-electron chi connectivity index (χ0n) is 8.73. The van der Waals surface area contributed by atoms with Crippen LogP contribution in [0, 0.1) is 10.7 Å². The first-order chi connectivity index (χ1) is 7.26. The van der Waals surface area contributed by atoms with E-state index in [9.17, 15) is 0 Å². The first-order valence-corrected chi connectivity index (χ1v) is 4.94. The fourth-order valence-electron chi connectivity index (χ4n) is 1.17. The molecule has 0 saturated heterocycles. The molecule has 0 atom stereocenters. The van der Waals surface area contributed by atoms with Crippen molar-refractivity contribution in [1.29, 1.82) is 5.26 Å². The lowest BCUT2D eigenvalue weighted by atomic mass is 10.3. The second-order valence-corrected chi connectivity index (χ2v) is 3.41. The maximum Gasteiger partial charge on any atom is 0.203 e. The van der Waals surface area contributed by atoms with Gasteiger partial charge in [-0.05, 0) is 23.9 Å². The lowest BCUT2D eigenvalue weighted by Gasteiger charge is -2.12. The van der Waals surface area contributed by atoms with Gasteiger partial charge in [-0.1, -0.05) is 0 Å². The Hall–Kier alpha value is -1.54. The van der Waals surface area contributed by atoms with Crippen molar-refractivity contribution < 1.29 is 14.2 Å². The van der Waals surface area contributed by atoms with Crippen molar-refractivity contribution >= 4 is 11.8 Å². The standard InChI is InChI=1S/C10H11NO3S/c1-12-8-4-7(15-6-11)5-9(13-2)10(8)14-3/h4-5H,1-3H3. The number of nitrogens with zero attached hydrogens (tertiary/aromatic N) is 1. The summed E-state index contributed by atoms with van der Waals surface area (Å²) < 4.78 is 15.4. The van der Waals surface area contributed by atoms with Gasteiger partial charge in [-0.15, -0.1) is 0 Å². The van der Waals surface area contributed by atoms with E-state index in [1.165, 1.54) is 21.3 Å². The van der Waals surface area contributed by atoms with Crippen molar-refractivity contribution in [2.75, 3.05) is 21.3 Å². The molecule has 0 N–H and O–H groups in total. The molecular weight excluding hydrogens is 214 g/mol. The van der Waals surface area contributed by atoms with E-state index >= 15 is 0 Å². The number of thioether (sulfide) groups is 1. The highest BCUT2D eigenvalue weighted by molar-refractivity contribution is 8.03. The maximum atomic E-state index is 8.57. The summed E-state index contributed by atoms with van der Waals surface area (Å²) in [5, 5.41) is 10.6. The molecule has 0 bridgehead atoms. The Morgan fingerprint density at radius 2 is 1.60 bits per heavy atom. The second-order valence-electron chi connectivity index (χ2n) is 2.55. The van der Waals surface area contributed by atoms with Gasteiger partial charge in [0.2, 0.25) is 5.75 Å². The number of ether oxygens (including phenoxy) is 3. The Labute approximate surface area is 92.7 Å². The molecule has 1 rings (SSSR count). The monoisotopic (exact) mass is 225 g/mol.